The molecule has 3 rings (SSSR count). The molecule has 0 radical (unpaired) electrons. The summed E-state index contributed by atoms with van der Waals surface area (Å²) < 4.78 is 43.6. The van der Waals surface area contributed by atoms with Crippen molar-refractivity contribution in [2.24, 2.45) is 0 Å². The number of rotatable bonds is 14. The van der Waals surface area contributed by atoms with E-state index in [1.807, 2.05) is 0 Å². The number of nitrogens with one attached hydrogen (secondary N) is 2. The van der Waals surface area contributed by atoms with Crippen molar-refractivity contribution >= 4 is 40.4 Å². The minimum absolute atomic E-state index is 0.0438. The van der Waals surface area contributed by atoms with Gasteiger partial charge in [0.05, 0.1) is 6.10 Å². The van der Waals surface area contributed by atoms with Gasteiger partial charge in [0, 0.05) is 46.0 Å². The third-order valence-electron chi connectivity index (χ3n) is 10.9. The monoisotopic (exact) mass is 815 g/mol. The molecule has 3 N–H and O–H groups in total. The van der Waals surface area contributed by atoms with Gasteiger partial charge in [0.1, 0.15) is 37.1 Å². The Labute approximate surface area is 324 Å². The molecule has 2 aliphatic rings. The Morgan fingerprint density at radius 2 is 1.35 bits per heavy atom. The molecular formula is C36H61N3O14Si2. The summed E-state index contributed by atoms with van der Waals surface area (Å²) in [4.78, 5) is 76.4. The molecule has 2 saturated heterocycles. The quantitative estimate of drug-likeness (QED) is 0.140. The van der Waals surface area contributed by atoms with Gasteiger partial charge < -0.3 is 43.0 Å². The van der Waals surface area contributed by atoms with Crippen LogP contribution in [-0.4, -0.2) is 117 Å². The molecule has 3 heterocycles. The van der Waals surface area contributed by atoms with Gasteiger partial charge in [-0.1, -0.05) is 41.5 Å². The number of amides is 1. The van der Waals surface area contributed by atoms with E-state index in [1.54, 1.807) is 0 Å². The van der Waals surface area contributed by atoms with Crippen LogP contribution in [-0.2, 0) is 51.7 Å². The van der Waals surface area contributed by atoms with Crippen LogP contribution in [0.4, 0.5) is 0 Å². The van der Waals surface area contributed by atoms with Gasteiger partial charge in [0.15, 0.2) is 35.1 Å². The largest absolute Gasteiger partial charge is 0.463 e. The fraction of sp³-hybridized carbons (Fsp3) is 0.778. The zero-order valence-electron chi connectivity index (χ0n) is 34.4. The first-order valence-electron chi connectivity index (χ1n) is 18.6. The second-order valence-electron chi connectivity index (χ2n) is 17.3. The van der Waals surface area contributed by atoms with Gasteiger partial charge in [-0.05, 0) is 42.7 Å². The highest BCUT2D eigenvalue weighted by molar-refractivity contribution is 6.74. The van der Waals surface area contributed by atoms with Crippen molar-refractivity contribution < 1.29 is 56.8 Å². The number of hydrogen-bond donors (Lipinski definition) is 3. The number of H-pyrrole nitrogens is 1. The standard InChI is InChI=1S/C36H61N3O14Si2/c1-20(40)47-19-25-29(48-21(2)41)31(49-22(3)42)28(45)23(50-25)14-15-26(43)37-18-24-30(52-54(10,11)35(4,5)6)32(53-55(12,13)36(7,8)9)33(51-24)39-17-16-27(44)38-34(39)46/h16-17,23-25,28-33,45H,14-15,18-19H2,1-13H3,(H,37,43)(H,38,44,46)/t23-,24-,25-,28+,29-,30-,31-,32-,33-/m1/s1. The molecule has 0 unspecified atom stereocenters. The summed E-state index contributed by atoms with van der Waals surface area (Å²) in [6, 6.07) is 1.23. The van der Waals surface area contributed by atoms with E-state index in [9.17, 15) is 33.9 Å². The Bertz CT molecular complexity index is 1650. The van der Waals surface area contributed by atoms with E-state index in [0.717, 1.165) is 13.8 Å². The number of esters is 3. The number of aliphatic hydroxyl groups excluding tert-OH is 1. The Balaban J connectivity index is 1.90. The van der Waals surface area contributed by atoms with E-state index >= 15 is 0 Å². The molecule has 1 aromatic heterocycles. The molecule has 2 fully saturated rings. The summed E-state index contributed by atoms with van der Waals surface area (Å²) >= 11 is 0. The van der Waals surface area contributed by atoms with Gasteiger partial charge in [0.25, 0.3) is 5.56 Å². The number of ether oxygens (including phenoxy) is 5. The van der Waals surface area contributed by atoms with Crippen molar-refractivity contribution in [3.05, 3.63) is 33.1 Å². The maximum absolute atomic E-state index is 13.5. The molecule has 1 amide bonds. The lowest BCUT2D eigenvalue weighted by Gasteiger charge is -2.44. The summed E-state index contributed by atoms with van der Waals surface area (Å²) in [5, 5.41) is 13.7. The SMILES string of the molecule is CC(=O)OC[C@H]1O[C@H](CCC(=O)NC[C@H]2O[C@@H](n3ccc(=O)[nH]c3=O)[C@H](O[Si](C)(C)C(C)(C)C)[C@@H]2O[Si](C)(C)C(C)(C)C)[C@H](O)[C@@H](OC(C)=O)[C@@H]1OC(C)=O. The number of hydrogen-bond acceptors (Lipinski definition) is 14. The number of carbonyl (C=O) groups excluding carboxylic acids is 4. The second kappa shape index (κ2) is 17.9. The lowest BCUT2D eigenvalue weighted by Crippen LogP contribution is -2.61. The number of aromatic amines is 1. The van der Waals surface area contributed by atoms with Crippen LogP contribution in [0.25, 0.3) is 0 Å². The average molecular weight is 816 g/mol. The highest BCUT2D eigenvalue weighted by Crippen LogP contribution is 2.45. The van der Waals surface area contributed by atoms with E-state index in [0.29, 0.717) is 0 Å². The van der Waals surface area contributed by atoms with E-state index in [4.69, 9.17) is 32.5 Å². The van der Waals surface area contributed by atoms with Gasteiger partial charge in [-0.25, -0.2) is 4.79 Å². The predicted molar refractivity (Wildman–Crippen MR) is 204 cm³/mol. The fourth-order valence-electron chi connectivity index (χ4n) is 5.84. The summed E-state index contributed by atoms with van der Waals surface area (Å²) in [6.07, 6.45) is -8.53. The van der Waals surface area contributed by atoms with Crippen molar-refractivity contribution in [3.63, 3.8) is 0 Å². The molecule has 0 saturated carbocycles. The lowest BCUT2D eigenvalue weighted by molar-refractivity contribution is -0.248. The van der Waals surface area contributed by atoms with E-state index in [1.165, 1.54) is 23.8 Å². The van der Waals surface area contributed by atoms with E-state index in [-0.39, 0.29) is 36.1 Å². The molecule has 0 aromatic carbocycles. The molecule has 312 valence electrons. The van der Waals surface area contributed by atoms with Crippen molar-refractivity contribution in [1.82, 2.24) is 14.9 Å². The van der Waals surface area contributed by atoms with Crippen LogP contribution in [0.3, 0.4) is 0 Å². The first kappa shape index (κ1) is 46.2. The number of nitrogens with zero attached hydrogens (tertiary/aromatic N) is 1. The van der Waals surface area contributed by atoms with Crippen molar-refractivity contribution in [2.45, 2.75) is 166 Å². The fourth-order valence-corrected chi connectivity index (χ4v) is 8.44. The lowest BCUT2D eigenvalue weighted by atomic mass is 9.92. The van der Waals surface area contributed by atoms with Crippen LogP contribution in [0.2, 0.25) is 36.3 Å². The third kappa shape index (κ3) is 11.9. The van der Waals surface area contributed by atoms with Crippen molar-refractivity contribution in [1.29, 1.82) is 0 Å². The van der Waals surface area contributed by atoms with Crippen LogP contribution in [0.15, 0.2) is 21.9 Å². The van der Waals surface area contributed by atoms with Crippen LogP contribution < -0.4 is 16.6 Å². The topological polar surface area (TPSA) is 220 Å². The van der Waals surface area contributed by atoms with Crippen LogP contribution in [0.1, 0.15) is 81.4 Å². The smallest absolute Gasteiger partial charge is 0.330 e. The molecular weight excluding hydrogens is 755 g/mol. The van der Waals surface area contributed by atoms with Gasteiger partial charge >= 0.3 is 23.6 Å². The first-order valence-corrected chi connectivity index (χ1v) is 24.4. The van der Waals surface area contributed by atoms with Crippen molar-refractivity contribution in [2.75, 3.05) is 13.2 Å². The molecule has 19 heteroatoms. The molecule has 2 aliphatic heterocycles. The summed E-state index contributed by atoms with van der Waals surface area (Å²) in [5.74, 6) is -2.57. The van der Waals surface area contributed by atoms with Crippen molar-refractivity contribution in [3.8, 4) is 0 Å². The molecule has 9 atom stereocenters. The second-order valence-corrected chi connectivity index (χ2v) is 26.8. The molecule has 0 aliphatic carbocycles. The Morgan fingerprint density at radius 3 is 1.85 bits per heavy atom. The minimum atomic E-state index is -2.54. The van der Waals surface area contributed by atoms with E-state index < -0.39 is 107 Å². The maximum atomic E-state index is 13.5. The van der Waals surface area contributed by atoms with Gasteiger partial charge in [-0.3, -0.25) is 33.5 Å². The van der Waals surface area contributed by atoms with Gasteiger partial charge in [0.2, 0.25) is 5.91 Å². The van der Waals surface area contributed by atoms with Crippen LogP contribution >= 0.6 is 0 Å². The number of aliphatic hydroxyl groups is 1. The molecule has 0 bridgehead atoms. The Morgan fingerprint density at radius 1 is 0.800 bits per heavy atom. The van der Waals surface area contributed by atoms with E-state index in [2.05, 4.69) is 78.0 Å². The highest BCUT2D eigenvalue weighted by atomic mass is 28.4. The molecule has 55 heavy (non-hydrogen) atoms. The molecule has 0 spiro atoms. The van der Waals surface area contributed by atoms with Gasteiger partial charge in [-0.15, -0.1) is 0 Å². The summed E-state index contributed by atoms with van der Waals surface area (Å²) in [7, 11) is -5.07. The zero-order chi connectivity index (χ0) is 41.8. The summed E-state index contributed by atoms with van der Waals surface area (Å²) in [6.45, 7) is 23.9. The number of carbonyl (C=O) groups is 4. The van der Waals surface area contributed by atoms with Crippen LogP contribution in [0.5, 0.6) is 0 Å². The molecule has 1 aromatic rings. The maximum Gasteiger partial charge on any atom is 0.330 e. The Hall–Kier alpha value is -3.21. The third-order valence-corrected chi connectivity index (χ3v) is 19.8. The highest BCUT2D eigenvalue weighted by Gasteiger charge is 2.55. The predicted octanol–water partition coefficient (Wildman–Crippen LogP) is 2.67. The minimum Gasteiger partial charge on any atom is -0.463 e. The van der Waals surface area contributed by atoms with Gasteiger partial charge in [-0.2, -0.15) is 0 Å². The van der Waals surface area contributed by atoms with Crippen LogP contribution in [0, 0.1) is 0 Å². The average Bonchev–Trinajstić information content (AvgIpc) is 3.34. The first-order chi connectivity index (χ1) is 25.1. The summed E-state index contributed by atoms with van der Waals surface area (Å²) in [5.41, 5.74) is -1.25. The molecule has 17 nitrogen and oxygen atoms in total. The Kier molecular flexibility index (Phi) is 15.1. The number of aromatic nitrogens is 2. The zero-order valence-corrected chi connectivity index (χ0v) is 36.4. The normalized spacial score (nSPS) is 27.6.